The van der Waals surface area contributed by atoms with Gasteiger partial charge in [-0.2, -0.15) is 0 Å². The number of nitrogens with zero attached hydrogens (tertiary/aromatic N) is 1. The lowest BCUT2D eigenvalue weighted by Gasteiger charge is -2.27. The molecule has 2 N–H and O–H groups in total. The first-order valence-electron chi connectivity index (χ1n) is 14.8. The van der Waals surface area contributed by atoms with Crippen LogP contribution in [0, 0.1) is 0 Å². The molecule has 0 aliphatic carbocycles. The Bertz CT molecular complexity index is 1190. The Labute approximate surface area is 242 Å². The highest BCUT2D eigenvalue weighted by Gasteiger charge is 2.45. The number of carbonyl (C=O) groups is 4. The summed E-state index contributed by atoms with van der Waals surface area (Å²) in [5.74, 6) is -1.97. The molecule has 9 heteroatoms. The molecular weight excluding hydrogens is 522 g/mol. The molecule has 0 radical (unpaired) electrons. The van der Waals surface area contributed by atoms with Crippen LogP contribution in [-0.4, -0.2) is 60.9 Å². The van der Waals surface area contributed by atoms with Crippen molar-refractivity contribution in [1.29, 1.82) is 0 Å². The average molecular weight is 564 g/mol. The first-order valence-corrected chi connectivity index (χ1v) is 14.8. The van der Waals surface area contributed by atoms with Crippen molar-refractivity contribution in [2.24, 2.45) is 0 Å². The zero-order chi connectivity index (χ0) is 28.9. The highest BCUT2D eigenvalue weighted by molar-refractivity contribution is 6.25. The quantitative estimate of drug-likeness (QED) is 0.197. The van der Waals surface area contributed by atoms with Crippen molar-refractivity contribution in [3.8, 4) is 0 Å². The number of imide groups is 2. The maximum absolute atomic E-state index is 13.1. The van der Waals surface area contributed by atoms with Crippen molar-refractivity contribution in [1.82, 2.24) is 10.2 Å². The number of benzene rings is 2. The van der Waals surface area contributed by atoms with Gasteiger partial charge < -0.3 is 14.8 Å². The van der Waals surface area contributed by atoms with Gasteiger partial charge in [0.2, 0.25) is 11.8 Å². The van der Waals surface area contributed by atoms with Crippen molar-refractivity contribution in [2.45, 2.75) is 76.9 Å². The van der Waals surface area contributed by atoms with Crippen LogP contribution in [-0.2, 0) is 25.7 Å². The van der Waals surface area contributed by atoms with Crippen LogP contribution in [0.1, 0.15) is 90.5 Å². The Morgan fingerprint density at radius 3 is 2.15 bits per heavy atom. The number of amides is 4. The molecule has 4 amide bonds. The smallest absolute Gasteiger partial charge is 0.264 e. The number of fused-ring (bicyclic) bond motifs is 1. The number of piperidine rings is 1. The molecule has 0 spiro atoms. The third kappa shape index (κ3) is 8.71. The monoisotopic (exact) mass is 563 g/mol. The number of unbranched alkanes of at least 4 members (excludes halogenated alkanes) is 6. The third-order valence-electron chi connectivity index (χ3n) is 7.44. The minimum absolute atomic E-state index is 0.103. The number of hydrogen-bond donors (Lipinski definition) is 2. The lowest BCUT2D eigenvalue weighted by Crippen LogP contribution is -2.54. The normalized spacial score (nSPS) is 16.7. The van der Waals surface area contributed by atoms with Gasteiger partial charge in [0.25, 0.3) is 11.8 Å². The SMILES string of the molecule is O=C1CCC(N2C(=O)c3cccc(NCCCCCCOCCCCCCOCc4ccccc4)c3C2=O)C(=O)N1. The maximum Gasteiger partial charge on any atom is 0.264 e. The van der Waals surface area contributed by atoms with Crippen LogP contribution >= 0.6 is 0 Å². The van der Waals surface area contributed by atoms with Crippen LogP contribution < -0.4 is 10.6 Å². The summed E-state index contributed by atoms with van der Waals surface area (Å²) in [6, 6.07) is 14.4. The molecule has 4 rings (SSSR count). The van der Waals surface area contributed by atoms with E-state index in [1.54, 1.807) is 18.2 Å². The Hall–Kier alpha value is -3.56. The first-order chi connectivity index (χ1) is 20.1. The second kappa shape index (κ2) is 16.0. The van der Waals surface area contributed by atoms with Gasteiger partial charge in [0, 0.05) is 38.5 Å². The maximum atomic E-state index is 13.1. The van der Waals surface area contributed by atoms with E-state index in [1.165, 1.54) is 5.56 Å². The zero-order valence-electron chi connectivity index (χ0n) is 23.7. The van der Waals surface area contributed by atoms with E-state index in [9.17, 15) is 19.2 Å². The molecule has 1 fully saturated rings. The fraction of sp³-hybridized carbons (Fsp3) is 0.500. The summed E-state index contributed by atoms with van der Waals surface area (Å²) in [5.41, 5.74) is 2.40. The van der Waals surface area contributed by atoms with Crippen molar-refractivity contribution >= 4 is 29.3 Å². The number of nitrogens with one attached hydrogen (secondary N) is 2. The van der Waals surface area contributed by atoms with Crippen molar-refractivity contribution in [3.05, 3.63) is 65.2 Å². The summed E-state index contributed by atoms with van der Waals surface area (Å²) in [6.07, 6.45) is 8.75. The molecule has 2 aliphatic rings. The minimum atomic E-state index is -0.958. The Morgan fingerprint density at radius 1 is 0.756 bits per heavy atom. The van der Waals surface area contributed by atoms with Gasteiger partial charge >= 0.3 is 0 Å². The van der Waals surface area contributed by atoms with E-state index in [0.29, 0.717) is 30.0 Å². The third-order valence-corrected chi connectivity index (χ3v) is 7.44. The van der Waals surface area contributed by atoms with E-state index in [0.717, 1.165) is 76.1 Å². The van der Waals surface area contributed by atoms with Gasteiger partial charge in [0.05, 0.1) is 17.7 Å². The lowest BCUT2D eigenvalue weighted by molar-refractivity contribution is -0.136. The summed E-state index contributed by atoms with van der Waals surface area (Å²) in [4.78, 5) is 50.8. The predicted octanol–water partition coefficient (Wildman–Crippen LogP) is 4.85. The van der Waals surface area contributed by atoms with Crippen LogP contribution in [0.4, 0.5) is 5.69 Å². The van der Waals surface area contributed by atoms with Crippen molar-refractivity contribution < 1.29 is 28.7 Å². The number of hydrogen-bond acceptors (Lipinski definition) is 7. The molecule has 1 atom stereocenters. The first kappa shape index (κ1) is 30.4. The molecule has 2 aliphatic heterocycles. The van der Waals surface area contributed by atoms with E-state index >= 15 is 0 Å². The van der Waals surface area contributed by atoms with Gasteiger partial charge in [-0.05, 0) is 49.8 Å². The number of ether oxygens (including phenoxy) is 2. The zero-order valence-corrected chi connectivity index (χ0v) is 23.7. The fourth-order valence-electron chi connectivity index (χ4n) is 5.20. The summed E-state index contributed by atoms with van der Waals surface area (Å²) < 4.78 is 11.5. The molecular formula is C32H41N3O6. The van der Waals surface area contributed by atoms with Gasteiger partial charge in [-0.25, -0.2) is 0 Å². The highest BCUT2D eigenvalue weighted by Crippen LogP contribution is 2.32. The van der Waals surface area contributed by atoms with E-state index < -0.39 is 23.8 Å². The van der Waals surface area contributed by atoms with Crippen LogP contribution in [0.5, 0.6) is 0 Å². The fourth-order valence-corrected chi connectivity index (χ4v) is 5.20. The Kier molecular flexibility index (Phi) is 11.9. The summed E-state index contributed by atoms with van der Waals surface area (Å²) in [5, 5.41) is 5.52. The van der Waals surface area contributed by atoms with Gasteiger partial charge in [-0.1, -0.05) is 62.1 Å². The number of rotatable bonds is 18. The molecule has 0 bridgehead atoms. The molecule has 2 aromatic carbocycles. The van der Waals surface area contributed by atoms with E-state index in [1.807, 2.05) is 18.2 Å². The molecule has 1 saturated heterocycles. The summed E-state index contributed by atoms with van der Waals surface area (Å²) >= 11 is 0. The molecule has 220 valence electrons. The van der Waals surface area contributed by atoms with Crippen molar-refractivity contribution in [2.75, 3.05) is 31.7 Å². The molecule has 41 heavy (non-hydrogen) atoms. The lowest BCUT2D eigenvalue weighted by atomic mass is 10.0. The molecule has 2 aromatic rings. The highest BCUT2D eigenvalue weighted by atomic mass is 16.5. The molecule has 2 heterocycles. The second-order valence-electron chi connectivity index (χ2n) is 10.6. The number of carbonyl (C=O) groups excluding carboxylic acids is 4. The van der Waals surface area contributed by atoms with E-state index in [2.05, 4.69) is 22.8 Å². The summed E-state index contributed by atoms with van der Waals surface area (Å²) in [6.45, 7) is 3.72. The standard InChI is InChI=1S/C32H41N3O6/c36-28-18-17-27(30(37)34-28)35-31(38)25-15-12-16-26(29(25)32(35)39)33-19-8-1-2-9-20-40-21-10-3-4-11-22-41-23-24-13-6-5-7-14-24/h5-7,12-16,27,33H,1-4,8-11,17-23H2,(H,34,36,37). The van der Waals surface area contributed by atoms with Gasteiger partial charge in [0.15, 0.2) is 0 Å². The van der Waals surface area contributed by atoms with Crippen LogP contribution in [0.25, 0.3) is 0 Å². The minimum Gasteiger partial charge on any atom is -0.384 e. The van der Waals surface area contributed by atoms with E-state index in [-0.39, 0.29) is 18.7 Å². The van der Waals surface area contributed by atoms with Gasteiger partial charge in [0.1, 0.15) is 6.04 Å². The van der Waals surface area contributed by atoms with Crippen LogP contribution in [0.15, 0.2) is 48.5 Å². The van der Waals surface area contributed by atoms with Crippen LogP contribution in [0.3, 0.4) is 0 Å². The predicted molar refractivity (Wildman–Crippen MR) is 155 cm³/mol. The van der Waals surface area contributed by atoms with Crippen LogP contribution in [0.2, 0.25) is 0 Å². The second-order valence-corrected chi connectivity index (χ2v) is 10.6. The number of anilines is 1. The molecule has 1 unspecified atom stereocenters. The van der Waals surface area contributed by atoms with Gasteiger partial charge in [-0.15, -0.1) is 0 Å². The average Bonchev–Trinajstić information content (AvgIpc) is 3.23. The Balaban J connectivity index is 1.02. The Morgan fingerprint density at radius 2 is 1.44 bits per heavy atom. The van der Waals surface area contributed by atoms with Crippen molar-refractivity contribution in [3.63, 3.8) is 0 Å². The molecule has 0 saturated carbocycles. The molecule has 9 nitrogen and oxygen atoms in total. The summed E-state index contributed by atoms with van der Waals surface area (Å²) in [7, 11) is 0. The molecule has 0 aromatic heterocycles. The topological polar surface area (TPSA) is 114 Å². The largest absolute Gasteiger partial charge is 0.384 e. The van der Waals surface area contributed by atoms with E-state index in [4.69, 9.17) is 9.47 Å². The van der Waals surface area contributed by atoms with Gasteiger partial charge in [-0.3, -0.25) is 29.4 Å².